The quantitative estimate of drug-likeness (QED) is 0.558. The van der Waals surface area contributed by atoms with Crippen molar-refractivity contribution in [2.24, 2.45) is 0 Å². The molecule has 1 saturated carbocycles. The molecule has 2 aliphatic rings. The van der Waals surface area contributed by atoms with Crippen molar-refractivity contribution in [3.05, 3.63) is 41.7 Å². The number of urea groups is 1. The van der Waals surface area contributed by atoms with E-state index in [0.29, 0.717) is 17.8 Å². The molecule has 10 heteroatoms. The van der Waals surface area contributed by atoms with E-state index < -0.39 is 0 Å². The van der Waals surface area contributed by atoms with Crippen LogP contribution in [0, 0.1) is 0 Å². The van der Waals surface area contributed by atoms with Gasteiger partial charge in [-0.15, -0.1) is 17.5 Å². The maximum Gasteiger partial charge on any atom is 0.319 e. The molecule has 2 heterocycles. The molecule has 30 heavy (non-hydrogen) atoms. The highest BCUT2D eigenvalue weighted by molar-refractivity contribution is 5.92. The highest BCUT2D eigenvalue weighted by Crippen LogP contribution is 2.20. The Morgan fingerprint density at radius 1 is 1.13 bits per heavy atom. The Bertz CT molecular complexity index is 860. The molecule has 1 aromatic carbocycles. The van der Waals surface area contributed by atoms with E-state index in [1.165, 1.54) is 0 Å². The lowest BCUT2D eigenvalue weighted by Gasteiger charge is -2.22. The average molecular weight is 434 g/mol. The van der Waals surface area contributed by atoms with Crippen molar-refractivity contribution in [3.8, 4) is 0 Å². The summed E-state index contributed by atoms with van der Waals surface area (Å²) in [6.07, 6.45) is 5.80. The van der Waals surface area contributed by atoms with Crippen LogP contribution in [0.5, 0.6) is 0 Å². The van der Waals surface area contributed by atoms with Gasteiger partial charge in [-0.2, -0.15) is 0 Å². The molecule has 9 nitrogen and oxygen atoms in total. The zero-order chi connectivity index (χ0) is 20.2. The average Bonchev–Trinajstić information content (AvgIpc) is 3.40. The third-order valence-electron chi connectivity index (χ3n) is 5.35. The zero-order valence-corrected chi connectivity index (χ0v) is 17.7. The van der Waals surface area contributed by atoms with E-state index in [2.05, 4.69) is 31.6 Å². The Kier molecular flexibility index (Phi) is 7.28. The first-order chi connectivity index (χ1) is 14.1. The van der Waals surface area contributed by atoms with Gasteiger partial charge in [-0.1, -0.05) is 17.3 Å². The fraction of sp³-hybridized carbons (Fsp3) is 0.500. The number of hydrogen-bond donors (Lipinski definition) is 4. The van der Waals surface area contributed by atoms with E-state index in [-0.39, 0.29) is 30.4 Å². The van der Waals surface area contributed by atoms with Gasteiger partial charge in [-0.3, -0.25) is 4.79 Å². The standard InChI is InChI=1S/C20H27N7O2.ClH/c1-13(14-2-4-15(5-3-14)23-20(29)24-16-6-7-16)22-19(28)18-12-27(26-25-18)17-8-10-21-11-9-17;/h2-5,12-13,16-17,21H,6-11H2,1H3,(H,22,28)(H2,23,24,29);1H. The Hall–Kier alpha value is -2.65. The number of aromatic nitrogens is 3. The predicted molar refractivity (Wildman–Crippen MR) is 116 cm³/mol. The number of piperidine rings is 1. The zero-order valence-electron chi connectivity index (χ0n) is 16.9. The number of rotatable bonds is 6. The smallest absolute Gasteiger partial charge is 0.319 e. The van der Waals surface area contributed by atoms with Gasteiger partial charge in [0.15, 0.2) is 5.69 Å². The Morgan fingerprint density at radius 3 is 2.50 bits per heavy atom. The molecule has 4 rings (SSSR count). The van der Waals surface area contributed by atoms with Gasteiger partial charge in [-0.05, 0) is 63.4 Å². The molecule has 0 spiro atoms. The summed E-state index contributed by atoms with van der Waals surface area (Å²) < 4.78 is 1.80. The van der Waals surface area contributed by atoms with Crippen molar-refractivity contribution < 1.29 is 9.59 Å². The van der Waals surface area contributed by atoms with Crippen molar-refractivity contribution in [1.29, 1.82) is 0 Å². The lowest BCUT2D eigenvalue weighted by molar-refractivity contribution is 0.0934. The second kappa shape index (κ2) is 9.90. The van der Waals surface area contributed by atoms with E-state index >= 15 is 0 Å². The summed E-state index contributed by atoms with van der Waals surface area (Å²) in [7, 11) is 0. The highest BCUT2D eigenvalue weighted by Gasteiger charge is 2.23. The molecule has 2 aromatic rings. The lowest BCUT2D eigenvalue weighted by atomic mass is 10.1. The number of carbonyl (C=O) groups excluding carboxylic acids is 2. The van der Waals surface area contributed by atoms with E-state index in [9.17, 15) is 9.59 Å². The molecule has 1 aromatic heterocycles. The predicted octanol–water partition coefficient (Wildman–Crippen LogP) is 2.40. The summed E-state index contributed by atoms with van der Waals surface area (Å²) in [4.78, 5) is 24.3. The molecule has 0 radical (unpaired) electrons. The van der Waals surface area contributed by atoms with Crippen LogP contribution in [0.1, 0.15) is 60.7 Å². The maximum atomic E-state index is 12.5. The van der Waals surface area contributed by atoms with Crippen LogP contribution in [0.15, 0.2) is 30.5 Å². The minimum Gasteiger partial charge on any atom is -0.344 e. The highest BCUT2D eigenvalue weighted by atomic mass is 35.5. The number of nitrogens with one attached hydrogen (secondary N) is 4. The van der Waals surface area contributed by atoms with E-state index in [1.807, 2.05) is 31.2 Å². The molecule has 1 saturated heterocycles. The van der Waals surface area contributed by atoms with Crippen LogP contribution >= 0.6 is 12.4 Å². The topological polar surface area (TPSA) is 113 Å². The van der Waals surface area contributed by atoms with Gasteiger partial charge in [0, 0.05) is 11.7 Å². The molecular formula is C20H28ClN7O2. The molecule has 4 N–H and O–H groups in total. The summed E-state index contributed by atoms with van der Waals surface area (Å²) in [5.74, 6) is -0.247. The Balaban J connectivity index is 0.00000256. The molecular weight excluding hydrogens is 406 g/mol. The number of halogens is 1. The number of carbonyl (C=O) groups is 2. The largest absolute Gasteiger partial charge is 0.344 e. The molecule has 0 bridgehead atoms. The molecule has 1 atom stereocenters. The van der Waals surface area contributed by atoms with Gasteiger partial charge < -0.3 is 21.3 Å². The van der Waals surface area contributed by atoms with Crippen molar-refractivity contribution >= 4 is 30.0 Å². The molecule has 162 valence electrons. The molecule has 1 aliphatic carbocycles. The Labute approximate surface area is 181 Å². The molecule has 1 unspecified atom stereocenters. The van der Waals surface area contributed by atoms with E-state index in [0.717, 1.165) is 50.0 Å². The number of benzene rings is 1. The number of nitrogens with zero attached hydrogens (tertiary/aromatic N) is 3. The van der Waals surface area contributed by atoms with Crippen LogP contribution in [-0.2, 0) is 0 Å². The van der Waals surface area contributed by atoms with Gasteiger partial charge in [0.05, 0.1) is 18.3 Å². The minimum absolute atomic E-state index is 0. The summed E-state index contributed by atoms with van der Waals surface area (Å²) >= 11 is 0. The van der Waals surface area contributed by atoms with Crippen molar-refractivity contribution in [3.63, 3.8) is 0 Å². The van der Waals surface area contributed by atoms with E-state index in [1.54, 1.807) is 10.9 Å². The third-order valence-corrected chi connectivity index (χ3v) is 5.35. The molecule has 3 amide bonds. The van der Waals surface area contributed by atoms with Crippen LogP contribution in [-0.4, -0.2) is 46.1 Å². The number of amides is 3. The third kappa shape index (κ3) is 5.70. The second-order valence-electron chi connectivity index (χ2n) is 7.75. The van der Waals surface area contributed by atoms with Crippen LogP contribution in [0.2, 0.25) is 0 Å². The fourth-order valence-electron chi connectivity index (χ4n) is 3.42. The molecule has 2 fully saturated rings. The first kappa shape index (κ1) is 22.0. The SMILES string of the molecule is CC(NC(=O)c1cn(C2CCNCC2)nn1)c1ccc(NC(=O)NC2CC2)cc1.Cl. The van der Waals surface area contributed by atoms with Crippen LogP contribution in [0.25, 0.3) is 0 Å². The number of anilines is 1. The Morgan fingerprint density at radius 2 is 1.83 bits per heavy atom. The first-order valence-corrected chi connectivity index (χ1v) is 10.2. The van der Waals surface area contributed by atoms with Crippen molar-refractivity contribution in [2.75, 3.05) is 18.4 Å². The van der Waals surface area contributed by atoms with E-state index in [4.69, 9.17) is 0 Å². The van der Waals surface area contributed by atoms with Gasteiger partial charge in [0.25, 0.3) is 5.91 Å². The van der Waals surface area contributed by atoms with Gasteiger partial charge in [0.1, 0.15) is 0 Å². The second-order valence-corrected chi connectivity index (χ2v) is 7.75. The monoisotopic (exact) mass is 433 g/mol. The normalized spacial score (nSPS) is 17.5. The van der Waals surface area contributed by atoms with Gasteiger partial charge in [-0.25, -0.2) is 9.48 Å². The summed E-state index contributed by atoms with van der Waals surface area (Å²) in [5.41, 5.74) is 1.98. The lowest BCUT2D eigenvalue weighted by Crippen LogP contribution is -2.30. The summed E-state index contributed by atoms with van der Waals surface area (Å²) in [6, 6.07) is 7.68. The van der Waals surface area contributed by atoms with Crippen molar-refractivity contribution in [2.45, 2.75) is 50.7 Å². The van der Waals surface area contributed by atoms with Crippen molar-refractivity contribution in [1.82, 2.24) is 30.9 Å². The van der Waals surface area contributed by atoms with Crippen LogP contribution in [0.4, 0.5) is 10.5 Å². The summed E-state index contributed by atoms with van der Waals surface area (Å²) in [5, 5.41) is 20.2. The van der Waals surface area contributed by atoms with Crippen LogP contribution in [0.3, 0.4) is 0 Å². The first-order valence-electron chi connectivity index (χ1n) is 10.2. The fourth-order valence-corrected chi connectivity index (χ4v) is 3.42. The number of hydrogen-bond acceptors (Lipinski definition) is 5. The van der Waals surface area contributed by atoms with Gasteiger partial charge >= 0.3 is 6.03 Å². The molecule has 1 aliphatic heterocycles. The summed E-state index contributed by atoms with van der Waals surface area (Å²) in [6.45, 7) is 3.82. The van der Waals surface area contributed by atoms with Gasteiger partial charge in [0.2, 0.25) is 0 Å². The van der Waals surface area contributed by atoms with Crippen LogP contribution < -0.4 is 21.3 Å². The minimum atomic E-state index is -0.247. The maximum absolute atomic E-state index is 12.5.